The van der Waals surface area contributed by atoms with Gasteiger partial charge in [0.05, 0.1) is 0 Å². The molecular formula is C20H19N3O2S. The number of carbonyl (C=O) groups excluding carboxylic acids is 1. The zero-order valence-corrected chi connectivity index (χ0v) is 15.0. The fourth-order valence-electron chi connectivity index (χ4n) is 3.14. The van der Waals surface area contributed by atoms with Crippen molar-refractivity contribution in [1.29, 1.82) is 0 Å². The lowest BCUT2D eigenvalue weighted by molar-refractivity contribution is -0.125. The number of ether oxygens (including phenoxy) is 1. The lowest BCUT2D eigenvalue weighted by Crippen LogP contribution is -2.40. The molecule has 0 unspecified atom stereocenters. The molecule has 2 aromatic heterocycles. The number of amides is 1. The Bertz CT molecular complexity index is 933. The molecule has 0 atom stereocenters. The Hall–Kier alpha value is -2.73. The summed E-state index contributed by atoms with van der Waals surface area (Å²) in [6, 6.07) is 8.10. The fraction of sp³-hybridized carbons (Fsp3) is 0.250. The van der Waals surface area contributed by atoms with Gasteiger partial charge in [-0.3, -0.25) is 9.78 Å². The van der Waals surface area contributed by atoms with Crippen LogP contribution in [0.2, 0.25) is 0 Å². The van der Waals surface area contributed by atoms with Crippen molar-refractivity contribution in [2.24, 2.45) is 5.92 Å². The van der Waals surface area contributed by atoms with Crippen LogP contribution in [0.1, 0.15) is 18.4 Å². The summed E-state index contributed by atoms with van der Waals surface area (Å²) in [4.78, 5) is 20.8. The molecular weight excluding hydrogens is 346 g/mol. The zero-order valence-electron chi connectivity index (χ0n) is 14.2. The van der Waals surface area contributed by atoms with Gasteiger partial charge in [0.2, 0.25) is 5.91 Å². The lowest BCUT2D eigenvalue weighted by Gasteiger charge is -2.34. The smallest absolute Gasteiger partial charge is 0.229 e. The van der Waals surface area contributed by atoms with Crippen LogP contribution in [0.3, 0.4) is 0 Å². The van der Waals surface area contributed by atoms with Crippen molar-refractivity contribution in [1.82, 2.24) is 9.97 Å². The van der Waals surface area contributed by atoms with E-state index in [2.05, 4.69) is 27.9 Å². The largest absolute Gasteiger partial charge is 0.488 e. The Kier molecular flexibility index (Phi) is 4.67. The number of hydrogen-bond acceptors (Lipinski definition) is 5. The maximum Gasteiger partial charge on any atom is 0.229 e. The first kappa shape index (κ1) is 16.7. The van der Waals surface area contributed by atoms with Gasteiger partial charge >= 0.3 is 0 Å². The minimum absolute atomic E-state index is 0.0168. The van der Waals surface area contributed by atoms with Gasteiger partial charge in [-0.25, -0.2) is 4.98 Å². The highest BCUT2D eigenvalue weighted by atomic mass is 32.1. The van der Waals surface area contributed by atoms with Gasteiger partial charge in [0.25, 0.3) is 0 Å². The fourth-order valence-corrected chi connectivity index (χ4v) is 3.67. The van der Waals surface area contributed by atoms with Crippen LogP contribution >= 0.6 is 11.3 Å². The first-order valence-corrected chi connectivity index (χ1v) is 9.46. The molecule has 0 aliphatic heterocycles. The minimum atomic E-state index is -0.0283. The monoisotopic (exact) mass is 365 g/mol. The normalized spacial score (nSPS) is 18.9. The van der Waals surface area contributed by atoms with Gasteiger partial charge in [0.1, 0.15) is 17.4 Å². The summed E-state index contributed by atoms with van der Waals surface area (Å²) in [6.07, 6.45) is 7.56. The van der Waals surface area contributed by atoms with Gasteiger partial charge in [0, 0.05) is 29.1 Å². The number of nitrogens with zero attached hydrogens (tertiary/aromatic N) is 2. The van der Waals surface area contributed by atoms with E-state index in [0.717, 1.165) is 28.6 Å². The Labute approximate surface area is 155 Å². The summed E-state index contributed by atoms with van der Waals surface area (Å²) in [7, 11) is 0. The summed E-state index contributed by atoms with van der Waals surface area (Å²) < 4.78 is 6.18. The number of rotatable bonds is 6. The molecule has 0 saturated heterocycles. The highest BCUT2D eigenvalue weighted by Gasteiger charge is 2.36. The molecule has 0 radical (unpaired) electrons. The Morgan fingerprint density at radius 3 is 3.00 bits per heavy atom. The molecule has 132 valence electrons. The van der Waals surface area contributed by atoms with Crippen molar-refractivity contribution in [3.8, 4) is 5.75 Å². The topological polar surface area (TPSA) is 64.1 Å². The molecule has 1 saturated carbocycles. The van der Waals surface area contributed by atoms with E-state index in [1.165, 1.54) is 11.3 Å². The van der Waals surface area contributed by atoms with Crippen molar-refractivity contribution in [2.75, 3.05) is 5.32 Å². The molecule has 1 aliphatic carbocycles. The molecule has 3 aromatic rings. The second-order valence-corrected chi connectivity index (χ2v) is 7.29. The van der Waals surface area contributed by atoms with E-state index < -0.39 is 0 Å². The highest BCUT2D eigenvalue weighted by molar-refractivity contribution is 7.13. The molecule has 5 nitrogen and oxygen atoms in total. The van der Waals surface area contributed by atoms with E-state index in [1.54, 1.807) is 12.4 Å². The molecule has 1 aromatic carbocycles. The summed E-state index contributed by atoms with van der Waals surface area (Å²) in [5.41, 5.74) is 2.00. The standard InChI is InChI=1S/C20H19N3O2S/c1-2-4-13-9-14-5-3-6-21-18(14)17(10-13)25-16-11-15(12-16)19(24)23-20-22-7-8-26-20/h2-3,5-10,15-16H,1,4,11-12H2,(H,22,23,24)/t15-,16-. The van der Waals surface area contributed by atoms with Crippen molar-refractivity contribution in [3.05, 3.63) is 60.3 Å². The Balaban J connectivity index is 1.43. The van der Waals surface area contributed by atoms with Crippen molar-refractivity contribution < 1.29 is 9.53 Å². The van der Waals surface area contributed by atoms with E-state index in [-0.39, 0.29) is 17.9 Å². The number of pyridine rings is 1. The van der Waals surface area contributed by atoms with E-state index >= 15 is 0 Å². The quantitative estimate of drug-likeness (QED) is 0.665. The van der Waals surface area contributed by atoms with Crippen LogP contribution in [0.15, 0.2) is 54.7 Å². The SMILES string of the molecule is C=CCc1cc(O[C@H]2C[C@H](C(=O)Nc3nccs3)C2)c2ncccc2c1. The first-order valence-electron chi connectivity index (χ1n) is 8.58. The molecule has 1 amide bonds. The number of thiazole rings is 1. The van der Waals surface area contributed by atoms with Crippen molar-refractivity contribution >= 4 is 33.3 Å². The molecule has 1 fully saturated rings. The van der Waals surface area contributed by atoms with Gasteiger partial charge in [0.15, 0.2) is 5.13 Å². The molecule has 0 spiro atoms. The van der Waals surface area contributed by atoms with E-state index in [1.807, 2.05) is 29.7 Å². The molecule has 26 heavy (non-hydrogen) atoms. The number of carbonyl (C=O) groups is 1. The van der Waals surface area contributed by atoms with E-state index in [9.17, 15) is 4.79 Å². The van der Waals surface area contributed by atoms with Crippen LogP contribution in [0.25, 0.3) is 10.9 Å². The maximum atomic E-state index is 12.2. The highest BCUT2D eigenvalue weighted by Crippen LogP contribution is 2.35. The van der Waals surface area contributed by atoms with E-state index in [4.69, 9.17) is 4.74 Å². The number of nitrogens with one attached hydrogen (secondary N) is 1. The molecule has 1 N–H and O–H groups in total. The first-order chi connectivity index (χ1) is 12.7. The summed E-state index contributed by atoms with van der Waals surface area (Å²) in [5, 5.41) is 6.40. The van der Waals surface area contributed by atoms with E-state index in [0.29, 0.717) is 18.0 Å². The van der Waals surface area contributed by atoms with Crippen molar-refractivity contribution in [2.45, 2.75) is 25.4 Å². The van der Waals surface area contributed by atoms with Gasteiger partial charge in [-0.05, 0) is 43.0 Å². The number of benzene rings is 1. The number of aromatic nitrogens is 2. The Morgan fingerprint density at radius 2 is 2.23 bits per heavy atom. The van der Waals surface area contributed by atoms with Crippen LogP contribution in [0.4, 0.5) is 5.13 Å². The maximum absolute atomic E-state index is 12.2. The second-order valence-electron chi connectivity index (χ2n) is 6.40. The van der Waals surface area contributed by atoms with Crippen molar-refractivity contribution in [3.63, 3.8) is 0 Å². The number of fused-ring (bicyclic) bond motifs is 1. The van der Waals surface area contributed by atoms with Crippen LogP contribution in [-0.4, -0.2) is 22.0 Å². The van der Waals surface area contributed by atoms with Crippen LogP contribution in [0.5, 0.6) is 5.75 Å². The van der Waals surface area contributed by atoms with Crippen LogP contribution in [-0.2, 0) is 11.2 Å². The predicted octanol–water partition coefficient (Wildman–Crippen LogP) is 4.22. The number of allylic oxidation sites excluding steroid dienone is 1. The summed E-state index contributed by atoms with van der Waals surface area (Å²) in [6.45, 7) is 3.81. The number of hydrogen-bond donors (Lipinski definition) is 1. The van der Waals surface area contributed by atoms with Gasteiger partial charge in [-0.2, -0.15) is 0 Å². The second kappa shape index (κ2) is 7.25. The van der Waals surface area contributed by atoms with Gasteiger partial charge in [-0.1, -0.05) is 12.1 Å². The molecule has 4 rings (SSSR count). The molecule has 1 aliphatic rings. The predicted molar refractivity (Wildman–Crippen MR) is 104 cm³/mol. The third kappa shape index (κ3) is 3.46. The number of anilines is 1. The van der Waals surface area contributed by atoms with Crippen LogP contribution in [0, 0.1) is 5.92 Å². The molecule has 0 bridgehead atoms. The van der Waals surface area contributed by atoms with Gasteiger partial charge in [-0.15, -0.1) is 17.9 Å². The Morgan fingerprint density at radius 1 is 1.35 bits per heavy atom. The molecule has 2 heterocycles. The average molecular weight is 365 g/mol. The lowest BCUT2D eigenvalue weighted by atomic mass is 9.81. The minimum Gasteiger partial charge on any atom is -0.488 e. The average Bonchev–Trinajstić information content (AvgIpc) is 3.10. The summed E-state index contributed by atoms with van der Waals surface area (Å²) in [5.74, 6) is 0.770. The third-order valence-corrected chi connectivity index (χ3v) is 5.22. The van der Waals surface area contributed by atoms with Crippen LogP contribution < -0.4 is 10.1 Å². The zero-order chi connectivity index (χ0) is 17.9. The van der Waals surface area contributed by atoms with Gasteiger partial charge < -0.3 is 10.1 Å². The molecule has 6 heteroatoms. The third-order valence-electron chi connectivity index (χ3n) is 4.53. The summed E-state index contributed by atoms with van der Waals surface area (Å²) >= 11 is 1.42.